The predicted octanol–water partition coefficient (Wildman–Crippen LogP) is 0.257. The van der Waals surface area contributed by atoms with Crippen LogP contribution in [0.2, 0.25) is 0 Å². The number of nitrogens with one attached hydrogen (secondary N) is 2. The number of nitrogen functional groups attached to an aromatic ring is 1. The minimum atomic E-state index is -3.44. The maximum atomic E-state index is 11.7. The highest BCUT2D eigenvalue weighted by atomic mass is 32.2. The van der Waals surface area contributed by atoms with E-state index < -0.39 is 10.2 Å². The van der Waals surface area contributed by atoms with E-state index in [1.165, 1.54) is 11.4 Å². The van der Waals surface area contributed by atoms with Crippen LogP contribution in [0.15, 0.2) is 24.3 Å². The Morgan fingerprint density at radius 3 is 2.72 bits per heavy atom. The maximum Gasteiger partial charge on any atom is 0.279 e. The minimum absolute atomic E-state index is 0.0333. The monoisotopic (exact) mass is 270 g/mol. The summed E-state index contributed by atoms with van der Waals surface area (Å²) in [7, 11) is -1.94. The first-order valence-electron chi connectivity index (χ1n) is 5.51. The molecule has 0 heterocycles. The second-order valence-corrected chi connectivity index (χ2v) is 5.74. The summed E-state index contributed by atoms with van der Waals surface area (Å²) in [5, 5.41) is 7.34. The molecule has 0 bridgehead atoms. The molecule has 0 fully saturated rings. The quantitative estimate of drug-likeness (QED) is 0.510. The molecule has 1 rings (SSSR count). The van der Waals surface area contributed by atoms with Crippen LogP contribution in [0, 0.1) is 5.41 Å². The minimum Gasteiger partial charge on any atom is -0.384 e. The van der Waals surface area contributed by atoms with E-state index in [1.54, 1.807) is 31.2 Å². The predicted molar refractivity (Wildman–Crippen MR) is 71.5 cm³/mol. The Kier molecular flexibility index (Phi) is 4.83. The molecule has 0 aliphatic rings. The molecule has 0 aromatic heterocycles. The van der Waals surface area contributed by atoms with Gasteiger partial charge in [0.25, 0.3) is 10.2 Å². The van der Waals surface area contributed by atoms with Crippen molar-refractivity contribution in [2.24, 2.45) is 5.73 Å². The summed E-state index contributed by atoms with van der Waals surface area (Å²) in [6.45, 7) is 2.30. The number of amidine groups is 1. The van der Waals surface area contributed by atoms with Gasteiger partial charge in [-0.2, -0.15) is 12.7 Å². The average Bonchev–Trinajstić information content (AvgIpc) is 2.29. The number of nitrogens with zero attached hydrogens (tertiary/aromatic N) is 1. The molecular weight excluding hydrogens is 252 g/mol. The summed E-state index contributed by atoms with van der Waals surface area (Å²) in [5.74, 6) is -0.0333. The molecule has 0 saturated heterocycles. The average molecular weight is 270 g/mol. The van der Waals surface area contributed by atoms with Gasteiger partial charge >= 0.3 is 0 Å². The molecule has 0 atom stereocenters. The Hall–Kier alpha value is -1.44. The number of hydrogen-bond acceptors (Lipinski definition) is 3. The third-order valence-electron chi connectivity index (χ3n) is 2.38. The van der Waals surface area contributed by atoms with Crippen molar-refractivity contribution < 1.29 is 8.42 Å². The van der Waals surface area contributed by atoms with Crippen LogP contribution in [0.1, 0.15) is 18.1 Å². The molecule has 1 aromatic rings. The number of rotatable bonds is 6. The lowest BCUT2D eigenvalue weighted by atomic mass is 10.1. The van der Waals surface area contributed by atoms with Crippen LogP contribution in [-0.4, -0.2) is 32.2 Å². The van der Waals surface area contributed by atoms with Crippen molar-refractivity contribution in [1.29, 1.82) is 5.41 Å². The number of nitrogens with two attached hydrogens (primary N) is 1. The van der Waals surface area contributed by atoms with Gasteiger partial charge in [-0.1, -0.05) is 25.1 Å². The van der Waals surface area contributed by atoms with Crippen LogP contribution < -0.4 is 10.5 Å². The fraction of sp³-hybridized carbons (Fsp3) is 0.364. The van der Waals surface area contributed by atoms with Crippen molar-refractivity contribution in [3.05, 3.63) is 35.4 Å². The molecule has 0 unspecified atom stereocenters. The summed E-state index contributed by atoms with van der Waals surface area (Å²) in [5.41, 5.74) is 6.75. The SMILES string of the molecule is CCNS(=O)(=O)N(C)Cc1cccc(C(=N)N)c1. The zero-order chi connectivity index (χ0) is 13.8. The first-order valence-corrected chi connectivity index (χ1v) is 6.95. The Labute approximate surface area is 107 Å². The van der Waals surface area contributed by atoms with Gasteiger partial charge < -0.3 is 5.73 Å². The summed E-state index contributed by atoms with van der Waals surface area (Å²) < 4.78 is 27.0. The zero-order valence-corrected chi connectivity index (χ0v) is 11.3. The highest BCUT2D eigenvalue weighted by molar-refractivity contribution is 7.87. The summed E-state index contributed by atoms with van der Waals surface area (Å²) in [6.07, 6.45) is 0. The molecular formula is C11H18N4O2S. The van der Waals surface area contributed by atoms with Crippen LogP contribution in [0.3, 0.4) is 0 Å². The van der Waals surface area contributed by atoms with Crippen molar-refractivity contribution in [3.63, 3.8) is 0 Å². The molecule has 0 aliphatic carbocycles. The van der Waals surface area contributed by atoms with Gasteiger partial charge in [0.2, 0.25) is 0 Å². The standard InChI is InChI=1S/C11H18N4O2S/c1-3-14-18(16,17)15(2)8-9-5-4-6-10(7-9)11(12)13/h4-7,14H,3,8H2,1-2H3,(H3,12,13). The third-order valence-corrected chi connectivity index (χ3v) is 3.98. The lowest BCUT2D eigenvalue weighted by Gasteiger charge is -2.17. The second kappa shape index (κ2) is 5.94. The van der Waals surface area contributed by atoms with E-state index in [4.69, 9.17) is 11.1 Å². The van der Waals surface area contributed by atoms with Gasteiger partial charge in [0.05, 0.1) is 0 Å². The topological polar surface area (TPSA) is 99.3 Å². The highest BCUT2D eigenvalue weighted by Crippen LogP contribution is 2.09. The van der Waals surface area contributed by atoms with E-state index >= 15 is 0 Å². The summed E-state index contributed by atoms with van der Waals surface area (Å²) >= 11 is 0. The van der Waals surface area contributed by atoms with E-state index in [0.717, 1.165) is 5.56 Å². The summed E-state index contributed by atoms with van der Waals surface area (Å²) in [4.78, 5) is 0. The van der Waals surface area contributed by atoms with Crippen molar-refractivity contribution in [2.75, 3.05) is 13.6 Å². The van der Waals surface area contributed by atoms with Crippen molar-refractivity contribution in [3.8, 4) is 0 Å². The van der Waals surface area contributed by atoms with Gasteiger partial charge in [-0.05, 0) is 11.6 Å². The van der Waals surface area contributed by atoms with Gasteiger partial charge in [-0.15, -0.1) is 0 Å². The molecule has 7 heteroatoms. The fourth-order valence-electron chi connectivity index (χ4n) is 1.47. The van der Waals surface area contributed by atoms with E-state index in [-0.39, 0.29) is 12.4 Å². The van der Waals surface area contributed by atoms with Crippen LogP contribution in [-0.2, 0) is 16.8 Å². The smallest absolute Gasteiger partial charge is 0.279 e. The first-order chi connectivity index (χ1) is 8.36. The van der Waals surface area contributed by atoms with Crippen LogP contribution in [0.5, 0.6) is 0 Å². The second-order valence-electron chi connectivity index (χ2n) is 3.87. The third kappa shape index (κ3) is 3.80. The number of benzene rings is 1. The highest BCUT2D eigenvalue weighted by Gasteiger charge is 2.16. The number of hydrogen-bond donors (Lipinski definition) is 3. The van der Waals surface area contributed by atoms with Gasteiger partial charge in [0.1, 0.15) is 5.84 Å². The first kappa shape index (κ1) is 14.6. The summed E-state index contributed by atoms with van der Waals surface area (Å²) in [6, 6.07) is 6.97. The molecule has 6 nitrogen and oxygen atoms in total. The molecule has 0 radical (unpaired) electrons. The molecule has 0 aliphatic heterocycles. The zero-order valence-electron chi connectivity index (χ0n) is 10.5. The Morgan fingerprint density at radius 1 is 1.50 bits per heavy atom. The molecule has 100 valence electrons. The van der Waals surface area contributed by atoms with Gasteiger partial charge in [-0.25, -0.2) is 4.72 Å². The van der Waals surface area contributed by atoms with Crippen molar-refractivity contribution in [2.45, 2.75) is 13.5 Å². The Morgan fingerprint density at radius 2 is 2.17 bits per heavy atom. The maximum absolute atomic E-state index is 11.7. The molecule has 18 heavy (non-hydrogen) atoms. The van der Waals surface area contributed by atoms with E-state index in [0.29, 0.717) is 12.1 Å². The lowest BCUT2D eigenvalue weighted by molar-refractivity contribution is 0.456. The van der Waals surface area contributed by atoms with Crippen molar-refractivity contribution >= 4 is 16.0 Å². The van der Waals surface area contributed by atoms with E-state index in [1.807, 2.05) is 0 Å². The Balaban J connectivity index is 2.85. The van der Waals surface area contributed by atoms with E-state index in [9.17, 15) is 8.42 Å². The molecule has 4 N–H and O–H groups in total. The van der Waals surface area contributed by atoms with Gasteiger partial charge in [-0.3, -0.25) is 5.41 Å². The lowest BCUT2D eigenvalue weighted by Crippen LogP contribution is -2.37. The van der Waals surface area contributed by atoms with Gasteiger partial charge in [0.15, 0.2) is 0 Å². The van der Waals surface area contributed by atoms with Crippen LogP contribution >= 0.6 is 0 Å². The van der Waals surface area contributed by atoms with Crippen molar-refractivity contribution in [1.82, 2.24) is 9.03 Å². The van der Waals surface area contributed by atoms with Gasteiger partial charge in [0, 0.05) is 25.7 Å². The molecule has 0 amide bonds. The van der Waals surface area contributed by atoms with Crippen LogP contribution in [0.4, 0.5) is 0 Å². The van der Waals surface area contributed by atoms with E-state index in [2.05, 4.69) is 4.72 Å². The molecule has 0 spiro atoms. The fourth-order valence-corrected chi connectivity index (χ4v) is 2.38. The normalized spacial score (nSPS) is 11.7. The Bertz CT molecular complexity index is 528. The molecule has 0 saturated carbocycles. The van der Waals surface area contributed by atoms with Crippen LogP contribution in [0.25, 0.3) is 0 Å². The molecule has 1 aromatic carbocycles. The largest absolute Gasteiger partial charge is 0.384 e.